The summed E-state index contributed by atoms with van der Waals surface area (Å²) in [4.78, 5) is 10.8. The largest absolute Gasteiger partial charge is 0.545 e. The van der Waals surface area contributed by atoms with Crippen LogP contribution in [0.2, 0.25) is 5.02 Å². The molecule has 3 rings (SSSR count). The van der Waals surface area contributed by atoms with Gasteiger partial charge in [0.2, 0.25) is 0 Å². The molecule has 0 unspecified atom stereocenters. The van der Waals surface area contributed by atoms with Crippen LogP contribution in [0.1, 0.15) is 27.0 Å². The summed E-state index contributed by atoms with van der Waals surface area (Å²) in [5.41, 5.74) is 2.96. The Bertz CT molecular complexity index is 1110. The molecule has 0 aliphatic carbocycles. The van der Waals surface area contributed by atoms with Crippen molar-refractivity contribution in [1.82, 2.24) is 0 Å². The standard InChI is InChI=1S/C24H18ClNO4/c1-29-23-13-17(12-20(14-26)18-7-9-21(25)10-8-18)4-11-22(23)30-15-16-2-5-19(6-3-16)24(27)28/h2-13H,15H2,1H3,(H,27,28)/p-1/b20-12-. The van der Waals surface area contributed by atoms with Crippen molar-refractivity contribution in [2.24, 2.45) is 0 Å². The van der Waals surface area contributed by atoms with Gasteiger partial charge in [-0.3, -0.25) is 0 Å². The van der Waals surface area contributed by atoms with Crippen LogP contribution < -0.4 is 14.6 Å². The first-order valence-corrected chi connectivity index (χ1v) is 9.37. The second kappa shape index (κ2) is 9.64. The Balaban J connectivity index is 1.78. The maximum absolute atomic E-state index is 10.8. The van der Waals surface area contributed by atoms with E-state index in [2.05, 4.69) is 6.07 Å². The molecule has 0 bridgehead atoms. The minimum Gasteiger partial charge on any atom is -0.545 e. The smallest absolute Gasteiger partial charge is 0.161 e. The number of rotatable bonds is 7. The van der Waals surface area contributed by atoms with Crippen molar-refractivity contribution >= 4 is 29.2 Å². The zero-order valence-corrected chi connectivity index (χ0v) is 16.8. The highest BCUT2D eigenvalue weighted by molar-refractivity contribution is 6.30. The number of benzene rings is 3. The first-order valence-electron chi connectivity index (χ1n) is 8.99. The fourth-order valence-corrected chi connectivity index (χ4v) is 2.89. The molecule has 0 aromatic heterocycles. The molecule has 0 aliphatic heterocycles. The Morgan fingerprint density at radius 2 is 1.70 bits per heavy atom. The molecule has 3 aromatic carbocycles. The second-order valence-corrected chi connectivity index (χ2v) is 6.80. The van der Waals surface area contributed by atoms with Gasteiger partial charge in [-0.1, -0.05) is 54.1 Å². The lowest BCUT2D eigenvalue weighted by atomic mass is 10.0. The zero-order chi connectivity index (χ0) is 21.5. The number of nitriles is 1. The van der Waals surface area contributed by atoms with Gasteiger partial charge >= 0.3 is 0 Å². The average Bonchev–Trinajstić information content (AvgIpc) is 2.77. The van der Waals surface area contributed by atoms with E-state index in [1.165, 1.54) is 19.2 Å². The summed E-state index contributed by atoms with van der Waals surface area (Å²) in [6.45, 7) is 0.243. The molecule has 0 aliphatic rings. The molecule has 0 amide bonds. The summed E-state index contributed by atoms with van der Waals surface area (Å²) in [6.07, 6.45) is 1.76. The number of hydrogen-bond acceptors (Lipinski definition) is 5. The van der Waals surface area contributed by atoms with Gasteiger partial charge in [0.1, 0.15) is 6.61 Å². The first kappa shape index (κ1) is 21.0. The minimum absolute atomic E-state index is 0.112. The molecular formula is C24H17ClNO4-. The summed E-state index contributed by atoms with van der Waals surface area (Å²) >= 11 is 5.91. The number of aromatic carboxylic acids is 1. The minimum atomic E-state index is -1.22. The highest BCUT2D eigenvalue weighted by Crippen LogP contribution is 2.30. The number of carboxylic acid groups (broad SMARTS) is 1. The van der Waals surface area contributed by atoms with Crippen LogP contribution in [0.15, 0.2) is 66.7 Å². The number of hydrogen-bond donors (Lipinski definition) is 0. The van der Waals surface area contributed by atoms with E-state index >= 15 is 0 Å². The van der Waals surface area contributed by atoms with Gasteiger partial charge in [-0.15, -0.1) is 0 Å². The van der Waals surface area contributed by atoms with Crippen molar-refractivity contribution in [2.75, 3.05) is 7.11 Å². The number of carboxylic acids is 1. The van der Waals surface area contributed by atoms with E-state index in [0.717, 1.165) is 16.7 Å². The molecule has 0 atom stereocenters. The van der Waals surface area contributed by atoms with Crippen LogP contribution >= 0.6 is 11.6 Å². The number of ether oxygens (including phenoxy) is 2. The average molecular weight is 419 g/mol. The summed E-state index contributed by atoms with van der Waals surface area (Å²) in [5.74, 6) is -0.171. The van der Waals surface area contributed by atoms with Crippen LogP contribution in [0.3, 0.4) is 0 Å². The molecular weight excluding hydrogens is 402 g/mol. The first-order chi connectivity index (χ1) is 14.5. The van der Waals surface area contributed by atoms with Crippen molar-refractivity contribution < 1.29 is 19.4 Å². The number of allylic oxidation sites excluding steroid dienone is 1. The molecule has 0 saturated heterocycles. The van der Waals surface area contributed by atoms with Crippen LogP contribution in [0, 0.1) is 11.3 Å². The monoisotopic (exact) mass is 418 g/mol. The van der Waals surface area contributed by atoms with Gasteiger partial charge in [0.05, 0.1) is 24.7 Å². The van der Waals surface area contributed by atoms with Crippen LogP contribution in [-0.4, -0.2) is 13.1 Å². The van der Waals surface area contributed by atoms with E-state index in [-0.39, 0.29) is 12.2 Å². The van der Waals surface area contributed by atoms with E-state index in [4.69, 9.17) is 21.1 Å². The Morgan fingerprint density at radius 1 is 1.03 bits per heavy atom. The van der Waals surface area contributed by atoms with Gasteiger partial charge in [-0.2, -0.15) is 5.26 Å². The lowest BCUT2D eigenvalue weighted by Gasteiger charge is -2.12. The summed E-state index contributed by atoms with van der Waals surface area (Å²) in [5, 5.41) is 20.9. The second-order valence-electron chi connectivity index (χ2n) is 6.36. The Labute approximate surface area is 179 Å². The van der Waals surface area contributed by atoms with Gasteiger partial charge < -0.3 is 19.4 Å². The van der Waals surface area contributed by atoms with Gasteiger partial charge in [-0.05, 0) is 52.6 Å². The van der Waals surface area contributed by atoms with Gasteiger partial charge in [-0.25, -0.2) is 0 Å². The van der Waals surface area contributed by atoms with E-state index in [1.54, 1.807) is 54.6 Å². The van der Waals surface area contributed by atoms with Crippen molar-refractivity contribution in [3.05, 3.63) is 94.0 Å². The molecule has 0 saturated carbocycles. The topological polar surface area (TPSA) is 82.4 Å². The molecule has 3 aromatic rings. The zero-order valence-electron chi connectivity index (χ0n) is 16.1. The number of nitrogens with zero attached hydrogens (tertiary/aromatic N) is 1. The fourth-order valence-electron chi connectivity index (χ4n) is 2.77. The highest BCUT2D eigenvalue weighted by atomic mass is 35.5. The number of carbonyl (C=O) groups excluding carboxylic acids is 1. The van der Waals surface area contributed by atoms with E-state index in [9.17, 15) is 15.2 Å². The number of carbonyl (C=O) groups is 1. The van der Waals surface area contributed by atoms with Gasteiger partial charge in [0.25, 0.3) is 0 Å². The molecule has 150 valence electrons. The van der Waals surface area contributed by atoms with E-state index in [0.29, 0.717) is 22.1 Å². The summed E-state index contributed by atoms with van der Waals surface area (Å²) < 4.78 is 11.2. The maximum Gasteiger partial charge on any atom is 0.161 e. The molecule has 5 nitrogen and oxygen atoms in total. The highest BCUT2D eigenvalue weighted by Gasteiger charge is 2.08. The number of halogens is 1. The third-order valence-corrected chi connectivity index (χ3v) is 4.61. The van der Waals surface area contributed by atoms with Crippen molar-refractivity contribution in [3.8, 4) is 17.6 Å². The van der Waals surface area contributed by atoms with Crippen molar-refractivity contribution in [2.45, 2.75) is 6.61 Å². The maximum atomic E-state index is 10.8. The van der Waals surface area contributed by atoms with E-state index < -0.39 is 5.97 Å². The SMILES string of the molecule is COc1cc(/C=C(/C#N)c2ccc(Cl)cc2)ccc1OCc1ccc(C(=O)[O-])cc1. The van der Waals surface area contributed by atoms with Crippen molar-refractivity contribution in [1.29, 1.82) is 5.26 Å². The summed E-state index contributed by atoms with van der Waals surface area (Å²) in [6, 6.07) is 20.9. The normalized spacial score (nSPS) is 10.9. The molecule has 6 heteroatoms. The predicted octanol–water partition coefficient (Wildman–Crippen LogP) is 4.36. The van der Waals surface area contributed by atoms with Crippen LogP contribution in [0.25, 0.3) is 11.6 Å². The molecule has 0 radical (unpaired) electrons. The van der Waals surface area contributed by atoms with Gasteiger partial charge in [0.15, 0.2) is 11.5 Å². The Hall–Kier alpha value is -3.75. The Kier molecular flexibility index (Phi) is 6.74. The molecule has 0 heterocycles. The molecule has 0 N–H and O–H groups in total. The third kappa shape index (κ3) is 5.19. The molecule has 0 spiro atoms. The van der Waals surface area contributed by atoms with Crippen LogP contribution in [0.4, 0.5) is 0 Å². The van der Waals surface area contributed by atoms with Crippen molar-refractivity contribution in [3.63, 3.8) is 0 Å². The summed E-state index contributed by atoms with van der Waals surface area (Å²) in [7, 11) is 1.54. The van der Waals surface area contributed by atoms with Gasteiger partial charge in [0, 0.05) is 5.02 Å². The van der Waals surface area contributed by atoms with Crippen LogP contribution in [-0.2, 0) is 6.61 Å². The quantitative estimate of drug-likeness (QED) is 0.420. The molecule has 0 fully saturated rings. The Morgan fingerprint density at radius 3 is 2.30 bits per heavy atom. The third-order valence-electron chi connectivity index (χ3n) is 4.36. The van der Waals surface area contributed by atoms with E-state index in [1.807, 2.05) is 6.07 Å². The van der Waals surface area contributed by atoms with Crippen LogP contribution in [0.5, 0.6) is 11.5 Å². The molecule has 30 heavy (non-hydrogen) atoms. The fraction of sp³-hybridized carbons (Fsp3) is 0.0833. The predicted molar refractivity (Wildman–Crippen MR) is 113 cm³/mol. The number of methoxy groups -OCH3 is 1. The lowest BCUT2D eigenvalue weighted by Crippen LogP contribution is -2.22. The lowest BCUT2D eigenvalue weighted by molar-refractivity contribution is -0.255.